The van der Waals surface area contributed by atoms with Crippen molar-refractivity contribution in [2.75, 3.05) is 39.5 Å². The van der Waals surface area contributed by atoms with E-state index in [1.807, 2.05) is 6.08 Å². The van der Waals surface area contributed by atoms with Crippen molar-refractivity contribution < 1.29 is 28.5 Å². The second kappa shape index (κ2) is 35.3. The number of carbonyl (C=O) groups is 2. The molecule has 320 valence electrons. The Morgan fingerprint density at radius 3 is 1.73 bits per heavy atom. The van der Waals surface area contributed by atoms with Gasteiger partial charge in [0.2, 0.25) is 0 Å². The highest BCUT2D eigenvalue weighted by atomic mass is 16.7. The number of nitrogens with zero attached hydrogens (tertiary/aromatic N) is 1. The fourth-order valence-corrected chi connectivity index (χ4v) is 7.66. The zero-order valence-electron chi connectivity index (χ0n) is 36.7. The van der Waals surface area contributed by atoms with Crippen LogP contribution in [0.5, 0.6) is 0 Å². The number of ether oxygens (including phenoxy) is 4. The molecule has 0 saturated carbocycles. The Balaban J connectivity index is 2.25. The van der Waals surface area contributed by atoms with E-state index in [2.05, 4.69) is 57.6 Å². The molecule has 7 nitrogen and oxygen atoms in total. The van der Waals surface area contributed by atoms with Gasteiger partial charge in [0, 0.05) is 25.8 Å². The number of hydrogen-bond acceptors (Lipinski definition) is 7. The normalized spacial score (nSPS) is 17.8. The molecule has 1 saturated heterocycles. The smallest absolute Gasteiger partial charge is 0.306 e. The topological polar surface area (TPSA) is 74.3 Å². The maximum absolute atomic E-state index is 12.3. The Labute approximate surface area is 339 Å². The highest BCUT2D eigenvalue weighted by molar-refractivity contribution is 5.70. The summed E-state index contributed by atoms with van der Waals surface area (Å²) in [5.41, 5.74) is 5.57. The summed E-state index contributed by atoms with van der Waals surface area (Å²) in [5.74, 6) is 0.0736. The highest BCUT2D eigenvalue weighted by Crippen LogP contribution is 2.35. The standard InChI is InChI=1S/C48H87NO6/c1-7-12-31-43(6)40-46(50)52-38-29-25-21-17-15-19-23-27-35-48(54-42-45(55-48)34-37-49(10-4)11-5)36-28-24-20-16-18-22-26-30-39-53-47(51)41-44(32-13-8-2)33-14-9-3/h32,43-45H,2,7,9-12,14-31,33-42H2,1,3-6H3. The van der Waals surface area contributed by atoms with Crippen LogP contribution in [0, 0.1) is 11.8 Å². The van der Waals surface area contributed by atoms with Gasteiger partial charge in [0.1, 0.15) is 0 Å². The van der Waals surface area contributed by atoms with Crippen LogP contribution in [0.4, 0.5) is 0 Å². The van der Waals surface area contributed by atoms with Crippen LogP contribution in [0.1, 0.15) is 208 Å². The van der Waals surface area contributed by atoms with Crippen molar-refractivity contribution in [3.05, 3.63) is 24.1 Å². The van der Waals surface area contributed by atoms with Gasteiger partial charge in [0.25, 0.3) is 0 Å². The van der Waals surface area contributed by atoms with Crippen molar-refractivity contribution in [3.8, 4) is 0 Å². The van der Waals surface area contributed by atoms with Crippen LogP contribution in [-0.4, -0.2) is 68.2 Å². The number of hydrogen-bond donors (Lipinski definition) is 0. The van der Waals surface area contributed by atoms with Crippen LogP contribution in [0.15, 0.2) is 24.1 Å². The van der Waals surface area contributed by atoms with Crippen molar-refractivity contribution in [1.82, 2.24) is 4.90 Å². The molecule has 1 rings (SSSR count). The third kappa shape index (κ3) is 28.2. The summed E-state index contributed by atoms with van der Waals surface area (Å²) >= 11 is 0. The first-order chi connectivity index (χ1) is 26.8. The molecule has 1 heterocycles. The quantitative estimate of drug-likeness (QED) is 0.0351. The molecule has 0 aromatic carbocycles. The van der Waals surface area contributed by atoms with Gasteiger partial charge >= 0.3 is 11.9 Å². The van der Waals surface area contributed by atoms with E-state index >= 15 is 0 Å². The number of esters is 2. The Hall–Kier alpha value is -1.88. The molecule has 0 aliphatic carbocycles. The molecule has 1 fully saturated rings. The van der Waals surface area contributed by atoms with Crippen molar-refractivity contribution in [2.24, 2.45) is 11.8 Å². The monoisotopic (exact) mass is 774 g/mol. The summed E-state index contributed by atoms with van der Waals surface area (Å²) in [4.78, 5) is 26.8. The first-order valence-corrected chi connectivity index (χ1v) is 23.3. The summed E-state index contributed by atoms with van der Waals surface area (Å²) in [5, 5.41) is 0. The molecule has 0 bridgehead atoms. The summed E-state index contributed by atoms with van der Waals surface area (Å²) in [6.45, 7) is 19.6. The molecule has 1 aliphatic rings. The number of unbranched alkanes of at least 4 members (excludes halogenated alkanes) is 16. The van der Waals surface area contributed by atoms with E-state index in [0.717, 1.165) is 110 Å². The molecule has 4 atom stereocenters. The van der Waals surface area contributed by atoms with Crippen LogP contribution in [0.25, 0.3) is 0 Å². The van der Waals surface area contributed by atoms with E-state index in [0.29, 0.717) is 32.0 Å². The van der Waals surface area contributed by atoms with Crippen molar-refractivity contribution in [2.45, 2.75) is 220 Å². The van der Waals surface area contributed by atoms with E-state index in [1.165, 1.54) is 77.0 Å². The third-order valence-electron chi connectivity index (χ3n) is 11.3. The lowest BCUT2D eigenvalue weighted by Crippen LogP contribution is -2.32. The van der Waals surface area contributed by atoms with E-state index in [1.54, 1.807) is 0 Å². The third-order valence-corrected chi connectivity index (χ3v) is 11.3. The van der Waals surface area contributed by atoms with Gasteiger partial charge in [-0.05, 0) is 76.1 Å². The molecular weight excluding hydrogens is 687 g/mol. The molecule has 1 aliphatic heterocycles. The number of allylic oxidation sites excluding steroid dienone is 1. The Bertz CT molecular complexity index is 1020. The highest BCUT2D eigenvalue weighted by Gasteiger charge is 2.40. The number of carbonyl (C=O) groups excluding carboxylic acids is 2. The summed E-state index contributed by atoms with van der Waals surface area (Å²) < 4.78 is 24.3. The molecule has 0 spiro atoms. The van der Waals surface area contributed by atoms with Crippen molar-refractivity contribution >= 4 is 11.9 Å². The summed E-state index contributed by atoms with van der Waals surface area (Å²) in [6.07, 6.45) is 31.7. The first-order valence-electron chi connectivity index (χ1n) is 23.3. The van der Waals surface area contributed by atoms with Crippen LogP contribution in [-0.2, 0) is 28.5 Å². The fraction of sp³-hybridized carbons (Fsp3) is 0.875. The zero-order chi connectivity index (χ0) is 40.2. The second-order valence-corrected chi connectivity index (χ2v) is 16.4. The molecule has 0 radical (unpaired) electrons. The van der Waals surface area contributed by atoms with Gasteiger partial charge in [0.15, 0.2) is 5.79 Å². The maximum Gasteiger partial charge on any atom is 0.306 e. The lowest BCUT2D eigenvalue weighted by molar-refractivity contribution is -0.180. The zero-order valence-corrected chi connectivity index (χ0v) is 36.7. The molecule has 0 aromatic heterocycles. The SMILES string of the molecule is C=C=C=CC(CCCC)CC(=O)OCCCCCCCCCCC1(CCCCCCCCCCOC(=O)CC(C)CCCC)OCC(CCN(CC)CC)O1. The van der Waals surface area contributed by atoms with Crippen LogP contribution >= 0.6 is 0 Å². The van der Waals surface area contributed by atoms with E-state index in [-0.39, 0.29) is 24.0 Å². The molecule has 7 heteroatoms. The molecule has 4 unspecified atom stereocenters. The summed E-state index contributed by atoms with van der Waals surface area (Å²) in [7, 11) is 0. The summed E-state index contributed by atoms with van der Waals surface area (Å²) in [6, 6.07) is 0. The van der Waals surface area contributed by atoms with Gasteiger partial charge in [-0.15, -0.1) is 0 Å². The Morgan fingerprint density at radius 1 is 0.727 bits per heavy atom. The van der Waals surface area contributed by atoms with E-state index in [9.17, 15) is 9.59 Å². The van der Waals surface area contributed by atoms with E-state index in [4.69, 9.17) is 18.9 Å². The molecular formula is C48H87NO6. The number of rotatable bonds is 38. The molecule has 0 N–H and O–H groups in total. The van der Waals surface area contributed by atoms with Crippen molar-refractivity contribution in [1.29, 1.82) is 0 Å². The fourth-order valence-electron chi connectivity index (χ4n) is 7.66. The van der Waals surface area contributed by atoms with Crippen LogP contribution < -0.4 is 0 Å². The minimum Gasteiger partial charge on any atom is -0.466 e. The van der Waals surface area contributed by atoms with Gasteiger partial charge in [-0.1, -0.05) is 155 Å². The van der Waals surface area contributed by atoms with E-state index < -0.39 is 5.79 Å². The first kappa shape index (κ1) is 51.1. The average Bonchev–Trinajstić information content (AvgIpc) is 3.59. The minimum atomic E-state index is -0.398. The van der Waals surface area contributed by atoms with Gasteiger partial charge in [0.05, 0.1) is 32.3 Å². The van der Waals surface area contributed by atoms with Gasteiger partial charge in [-0.25, -0.2) is 0 Å². The van der Waals surface area contributed by atoms with Gasteiger partial charge in [-0.2, -0.15) is 0 Å². The maximum atomic E-state index is 12.3. The van der Waals surface area contributed by atoms with Crippen LogP contribution in [0.2, 0.25) is 0 Å². The Morgan fingerprint density at radius 2 is 1.22 bits per heavy atom. The average molecular weight is 774 g/mol. The Kier molecular flexibility index (Phi) is 32.8. The minimum absolute atomic E-state index is 0.0229. The second-order valence-electron chi connectivity index (χ2n) is 16.4. The van der Waals surface area contributed by atoms with Gasteiger partial charge in [-0.3, -0.25) is 9.59 Å². The predicted octanol–water partition coefficient (Wildman–Crippen LogP) is 12.8. The lowest BCUT2D eigenvalue weighted by Gasteiger charge is -2.29. The molecule has 55 heavy (non-hydrogen) atoms. The largest absolute Gasteiger partial charge is 0.466 e. The van der Waals surface area contributed by atoms with Crippen molar-refractivity contribution in [3.63, 3.8) is 0 Å². The van der Waals surface area contributed by atoms with Crippen LogP contribution in [0.3, 0.4) is 0 Å². The van der Waals surface area contributed by atoms with Gasteiger partial charge < -0.3 is 23.8 Å². The predicted molar refractivity (Wildman–Crippen MR) is 229 cm³/mol. The molecule has 0 aromatic rings. The molecule has 0 amide bonds. The lowest BCUT2D eigenvalue weighted by atomic mass is 9.98.